The van der Waals surface area contributed by atoms with Crippen molar-refractivity contribution in [3.8, 4) is 0 Å². The maximum Gasteiger partial charge on any atom is 0.315 e. The van der Waals surface area contributed by atoms with Crippen molar-refractivity contribution in [3.05, 3.63) is 53.1 Å². The number of ether oxygens (including phenoxy) is 1. The molecular weight excluding hydrogens is 316 g/mol. The molecule has 1 heterocycles. The van der Waals surface area contributed by atoms with Crippen LogP contribution in [-0.4, -0.2) is 35.3 Å². The van der Waals surface area contributed by atoms with Crippen molar-refractivity contribution in [2.24, 2.45) is 7.05 Å². The lowest BCUT2D eigenvalue weighted by Crippen LogP contribution is -2.40. The van der Waals surface area contributed by atoms with Gasteiger partial charge in [-0.2, -0.15) is 0 Å². The Morgan fingerprint density at radius 3 is 2.74 bits per heavy atom. The van der Waals surface area contributed by atoms with Gasteiger partial charge in [0, 0.05) is 37.6 Å². The Kier molecular flexibility index (Phi) is 6.43. The van der Waals surface area contributed by atoms with Crippen LogP contribution in [0.4, 0.5) is 4.79 Å². The summed E-state index contributed by atoms with van der Waals surface area (Å²) >= 11 is 5.94. The molecule has 0 saturated carbocycles. The molecule has 6 nitrogen and oxygen atoms in total. The minimum Gasteiger partial charge on any atom is -0.380 e. The van der Waals surface area contributed by atoms with E-state index in [1.165, 1.54) is 0 Å². The summed E-state index contributed by atoms with van der Waals surface area (Å²) in [5, 5.41) is 6.36. The third-order valence-corrected chi connectivity index (χ3v) is 3.58. The summed E-state index contributed by atoms with van der Waals surface area (Å²) in [6.07, 6.45) is 3.54. The number of halogens is 1. The first-order valence-electron chi connectivity index (χ1n) is 7.46. The molecule has 23 heavy (non-hydrogen) atoms. The molecule has 1 atom stereocenters. The van der Waals surface area contributed by atoms with Gasteiger partial charge in [-0.15, -0.1) is 0 Å². The number of hydrogen-bond acceptors (Lipinski definition) is 3. The topological polar surface area (TPSA) is 68.2 Å². The number of amides is 2. The largest absolute Gasteiger partial charge is 0.380 e. The quantitative estimate of drug-likeness (QED) is 0.763. The summed E-state index contributed by atoms with van der Waals surface area (Å²) in [5.41, 5.74) is 0.906. The number of carbonyl (C=O) groups excluding carboxylic acids is 1. The van der Waals surface area contributed by atoms with Gasteiger partial charge < -0.3 is 19.9 Å². The fourth-order valence-corrected chi connectivity index (χ4v) is 2.30. The van der Waals surface area contributed by atoms with Crippen LogP contribution in [0, 0.1) is 0 Å². The van der Waals surface area contributed by atoms with E-state index in [4.69, 9.17) is 16.3 Å². The maximum absolute atomic E-state index is 12.1. The lowest BCUT2D eigenvalue weighted by atomic mass is 10.1. The molecule has 0 saturated heterocycles. The Bertz CT molecular complexity index is 627. The van der Waals surface area contributed by atoms with Gasteiger partial charge >= 0.3 is 6.03 Å². The van der Waals surface area contributed by atoms with Crippen molar-refractivity contribution in [2.45, 2.75) is 13.0 Å². The second-order valence-electron chi connectivity index (χ2n) is 4.98. The van der Waals surface area contributed by atoms with Crippen molar-refractivity contribution >= 4 is 17.6 Å². The summed E-state index contributed by atoms with van der Waals surface area (Å²) in [5.74, 6) is 0.743. The Balaban J connectivity index is 2.10. The first kappa shape index (κ1) is 17.3. The molecule has 0 fully saturated rings. The smallest absolute Gasteiger partial charge is 0.315 e. The van der Waals surface area contributed by atoms with Crippen LogP contribution >= 0.6 is 11.6 Å². The first-order valence-corrected chi connectivity index (χ1v) is 7.84. The number of benzene rings is 1. The molecule has 0 aliphatic heterocycles. The zero-order chi connectivity index (χ0) is 16.7. The number of nitrogens with zero attached hydrogens (tertiary/aromatic N) is 2. The van der Waals surface area contributed by atoms with Gasteiger partial charge in [0.15, 0.2) is 0 Å². The van der Waals surface area contributed by atoms with Gasteiger partial charge in [0.25, 0.3) is 0 Å². The zero-order valence-electron chi connectivity index (χ0n) is 13.3. The van der Waals surface area contributed by atoms with E-state index in [1.54, 1.807) is 18.3 Å². The van der Waals surface area contributed by atoms with Crippen LogP contribution in [0.2, 0.25) is 5.02 Å². The molecule has 0 spiro atoms. The van der Waals surface area contributed by atoms with Crippen LogP contribution in [0.5, 0.6) is 0 Å². The number of imidazole rings is 1. The Labute approximate surface area is 140 Å². The van der Waals surface area contributed by atoms with Crippen molar-refractivity contribution in [3.63, 3.8) is 0 Å². The summed E-state index contributed by atoms with van der Waals surface area (Å²) in [6, 6.07) is 6.71. The number of hydrogen-bond donors (Lipinski definition) is 2. The molecule has 2 amide bonds. The van der Waals surface area contributed by atoms with E-state index in [1.807, 2.05) is 36.9 Å². The zero-order valence-corrected chi connectivity index (χ0v) is 14.0. The van der Waals surface area contributed by atoms with E-state index < -0.39 is 0 Å². The fraction of sp³-hybridized carbons (Fsp3) is 0.375. The highest BCUT2D eigenvalue weighted by atomic mass is 35.5. The van der Waals surface area contributed by atoms with Crippen molar-refractivity contribution < 1.29 is 9.53 Å². The third-order valence-electron chi connectivity index (χ3n) is 3.33. The molecule has 7 heteroatoms. The SMILES string of the molecule is CCOCCNC(=O)NC(c1ccc(Cl)cc1)c1nccn1C. The van der Waals surface area contributed by atoms with Crippen molar-refractivity contribution in [2.75, 3.05) is 19.8 Å². The van der Waals surface area contributed by atoms with Gasteiger partial charge in [-0.25, -0.2) is 9.78 Å². The highest BCUT2D eigenvalue weighted by molar-refractivity contribution is 6.30. The number of nitrogens with one attached hydrogen (secondary N) is 2. The molecule has 0 bridgehead atoms. The molecule has 1 aromatic heterocycles. The van der Waals surface area contributed by atoms with E-state index in [-0.39, 0.29) is 12.1 Å². The van der Waals surface area contributed by atoms with Crippen LogP contribution in [0.15, 0.2) is 36.7 Å². The lowest BCUT2D eigenvalue weighted by molar-refractivity contribution is 0.149. The first-order chi connectivity index (χ1) is 11.1. The van der Waals surface area contributed by atoms with Crippen LogP contribution in [0.3, 0.4) is 0 Å². The molecule has 124 valence electrons. The minimum absolute atomic E-state index is 0.271. The molecule has 0 radical (unpaired) electrons. The van der Waals surface area contributed by atoms with Crippen LogP contribution in [0.25, 0.3) is 0 Å². The standard InChI is InChI=1S/C16H21ClN4O2/c1-3-23-11-9-19-16(22)20-14(15-18-8-10-21(15)2)12-4-6-13(17)7-5-12/h4-8,10,14H,3,9,11H2,1-2H3,(H2,19,20,22). The molecule has 2 aromatic rings. The Morgan fingerprint density at radius 2 is 2.13 bits per heavy atom. The maximum atomic E-state index is 12.1. The van der Waals surface area contributed by atoms with Gasteiger partial charge in [-0.05, 0) is 24.6 Å². The summed E-state index contributed by atoms with van der Waals surface area (Å²) in [7, 11) is 1.89. The molecule has 0 aliphatic carbocycles. The van der Waals surface area contributed by atoms with Gasteiger partial charge in [0.2, 0.25) is 0 Å². The van der Waals surface area contributed by atoms with Crippen LogP contribution in [0.1, 0.15) is 24.4 Å². The average molecular weight is 337 g/mol. The van der Waals surface area contributed by atoms with Gasteiger partial charge in [-0.3, -0.25) is 0 Å². The lowest BCUT2D eigenvalue weighted by Gasteiger charge is -2.19. The molecule has 1 unspecified atom stereocenters. The fourth-order valence-electron chi connectivity index (χ4n) is 2.17. The number of carbonyl (C=O) groups is 1. The van der Waals surface area contributed by atoms with E-state index in [0.29, 0.717) is 24.8 Å². The Morgan fingerprint density at radius 1 is 1.39 bits per heavy atom. The van der Waals surface area contributed by atoms with Gasteiger partial charge in [-0.1, -0.05) is 23.7 Å². The average Bonchev–Trinajstić information content (AvgIpc) is 2.96. The van der Waals surface area contributed by atoms with E-state index in [9.17, 15) is 4.79 Å². The van der Waals surface area contributed by atoms with Crippen molar-refractivity contribution in [1.82, 2.24) is 20.2 Å². The van der Waals surface area contributed by atoms with E-state index in [0.717, 1.165) is 11.4 Å². The monoisotopic (exact) mass is 336 g/mol. The van der Waals surface area contributed by atoms with Crippen LogP contribution in [-0.2, 0) is 11.8 Å². The van der Waals surface area contributed by atoms with Crippen LogP contribution < -0.4 is 10.6 Å². The predicted molar refractivity (Wildman–Crippen MR) is 89.5 cm³/mol. The van der Waals surface area contributed by atoms with Gasteiger partial charge in [0.1, 0.15) is 11.9 Å². The third kappa shape index (κ3) is 4.97. The number of urea groups is 1. The highest BCUT2D eigenvalue weighted by Gasteiger charge is 2.20. The van der Waals surface area contributed by atoms with E-state index in [2.05, 4.69) is 15.6 Å². The number of aromatic nitrogens is 2. The highest BCUT2D eigenvalue weighted by Crippen LogP contribution is 2.22. The normalized spacial score (nSPS) is 12.0. The summed E-state index contributed by atoms with van der Waals surface area (Å²) in [4.78, 5) is 16.5. The van der Waals surface area contributed by atoms with Crippen molar-refractivity contribution in [1.29, 1.82) is 0 Å². The minimum atomic E-state index is -0.362. The summed E-state index contributed by atoms with van der Waals surface area (Å²) in [6.45, 7) is 3.48. The number of aryl methyl sites for hydroxylation is 1. The van der Waals surface area contributed by atoms with E-state index >= 15 is 0 Å². The molecule has 0 aliphatic rings. The second-order valence-corrected chi connectivity index (χ2v) is 5.41. The predicted octanol–water partition coefficient (Wildman–Crippen LogP) is 2.50. The molecule has 2 N–H and O–H groups in total. The Hall–Kier alpha value is -2.05. The summed E-state index contributed by atoms with van der Waals surface area (Å²) < 4.78 is 7.08. The van der Waals surface area contributed by atoms with Gasteiger partial charge in [0.05, 0.1) is 6.61 Å². The second kappa shape index (κ2) is 8.55. The number of rotatable bonds is 7. The molecular formula is C16H21ClN4O2. The molecule has 2 rings (SSSR count). The molecule has 1 aromatic carbocycles.